The van der Waals surface area contributed by atoms with Crippen LogP contribution in [0.15, 0.2) is 48.5 Å². The minimum absolute atomic E-state index is 0.162. The van der Waals surface area contributed by atoms with Crippen LogP contribution in [0.2, 0.25) is 0 Å². The van der Waals surface area contributed by atoms with Crippen molar-refractivity contribution >= 4 is 17.7 Å². The number of carbonyl (C=O) groups excluding carboxylic acids is 3. The van der Waals surface area contributed by atoms with Gasteiger partial charge in [-0.3, -0.25) is 14.5 Å². The number of hydrogen-bond donors (Lipinski definition) is 1. The maximum Gasteiger partial charge on any atom is 0.325 e. The molecule has 2 aliphatic heterocycles. The molecule has 174 valence electrons. The van der Waals surface area contributed by atoms with Crippen molar-refractivity contribution in [3.63, 3.8) is 0 Å². The second-order valence-electron chi connectivity index (χ2n) is 8.53. The fraction of sp³-hybridized carbons (Fsp3) is 0.240. The SMILES string of the molecule is Cc1cc(C(=O)CN2C(=O)N[C@@](C)(c3ccc(F)cc3)C2=O)c(C)n1-c1ccc2c(c1)OCO2. The summed E-state index contributed by atoms with van der Waals surface area (Å²) in [4.78, 5) is 39.9. The molecular weight excluding hydrogens is 441 g/mol. The second kappa shape index (κ2) is 7.72. The number of fused-ring (bicyclic) bond motifs is 1. The average molecular weight is 463 g/mol. The Kier molecular flexibility index (Phi) is 4.93. The zero-order valence-electron chi connectivity index (χ0n) is 18.8. The van der Waals surface area contributed by atoms with E-state index in [1.807, 2.05) is 29.7 Å². The average Bonchev–Trinajstić information content (AvgIpc) is 3.45. The highest BCUT2D eigenvalue weighted by molar-refractivity contribution is 6.11. The van der Waals surface area contributed by atoms with Crippen LogP contribution in [0.25, 0.3) is 5.69 Å². The Balaban J connectivity index is 1.41. The number of Topliss-reactive ketones (excluding diaryl/α,β-unsaturated/α-hetero) is 1. The molecule has 0 unspecified atom stereocenters. The topological polar surface area (TPSA) is 89.9 Å². The number of urea groups is 1. The number of aryl methyl sites for hydroxylation is 1. The van der Waals surface area contributed by atoms with Crippen LogP contribution in [0.1, 0.15) is 34.2 Å². The van der Waals surface area contributed by atoms with Gasteiger partial charge in [0.1, 0.15) is 11.4 Å². The Hall–Kier alpha value is -4.14. The fourth-order valence-electron chi connectivity index (χ4n) is 4.51. The van der Waals surface area contributed by atoms with Gasteiger partial charge in [0, 0.05) is 28.7 Å². The van der Waals surface area contributed by atoms with Crippen molar-refractivity contribution in [1.82, 2.24) is 14.8 Å². The Bertz CT molecular complexity index is 1350. The molecule has 1 N–H and O–H groups in total. The Labute approximate surface area is 194 Å². The van der Waals surface area contributed by atoms with E-state index in [1.54, 1.807) is 13.0 Å². The second-order valence-corrected chi connectivity index (χ2v) is 8.53. The van der Waals surface area contributed by atoms with Gasteiger partial charge in [-0.1, -0.05) is 12.1 Å². The first kappa shape index (κ1) is 21.7. The first-order chi connectivity index (χ1) is 16.2. The summed E-state index contributed by atoms with van der Waals surface area (Å²) in [5, 5.41) is 2.64. The Morgan fingerprint density at radius 2 is 1.76 bits per heavy atom. The van der Waals surface area contributed by atoms with E-state index in [0.29, 0.717) is 28.3 Å². The highest BCUT2D eigenvalue weighted by atomic mass is 19.1. The standard InChI is InChI=1S/C25H22FN3O5/c1-14-10-19(15(2)29(14)18-8-9-21-22(11-18)34-13-33-21)20(30)12-28-23(31)25(3,27-24(28)32)16-4-6-17(26)7-5-16/h4-11H,12-13H2,1-3H3,(H,27,32)/t25-/m0/s1. The molecule has 5 rings (SSSR count). The van der Waals surface area contributed by atoms with E-state index in [4.69, 9.17) is 9.47 Å². The number of ether oxygens (including phenoxy) is 2. The molecule has 2 aliphatic rings. The summed E-state index contributed by atoms with van der Waals surface area (Å²) >= 11 is 0. The van der Waals surface area contributed by atoms with Crippen molar-refractivity contribution in [3.05, 3.63) is 76.9 Å². The summed E-state index contributed by atoms with van der Waals surface area (Å²) < 4.78 is 26.1. The molecule has 2 aromatic carbocycles. The van der Waals surface area contributed by atoms with Gasteiger partial charge in [-0.25, -0.2) is 9.18 Å². The number of benzene rings is 2. The largest absolute Gasteiger partial charge is 0.454 e. The molecule has 8 nitrogen and oxygen atoms in total. The molecule has 1 aromatic heterocycles. The Morgan fingerprint density at radius 3 is 2.50 bits per heavy atom. The van der Waals surface area contributed by atoms with Crippen molar-refractivity contribution < 1.29 is 28.2 Å². The van der Waals surface area contributed by atoms with Gasteiger partial charge in [0.05, 0.1) is 6.54 Å². The molecule has 1 saturated heterocycles. The zero-order chi connectivity index (χ0) is 24.2. The third-order valence-corrected chi connectivity index (χ3v) is 6.34. The molecule has 0 spiro atoms. The summed E-state index contributed by atoms with van der Waals surface area (Å²) in [6.45, 7) is 4.96. The van der Waals surface area contributed by atoms with Gasteiger partial charge in [-0.15, -0.1) is 0 Å². The number of nitrogens with zero attached hydrogens (tertiary/aromatic N) is 2. The Morgan fingerprint density at radius 1 is 1.06 bits per heavy atom. The molecule has 0 bridgehead atoms. The van der Waals surface area contributed by atoms with E-state index in [0.717, 1.165) is 16.3 Å². The molecule has 9 heteroatoms. The van der Waals surface area contributed by atoms with Crippen LogP contribution < -0.4 is 14.8 Å². The van der Waals surface area contributed by atoms with E-state index in [2.05, 4.69) is 5.32 Å². The van der Waals surface area contributed by atoms with Gasteiger partial charge in [0.15, 0.2) is 17.3 Å². The summed E-state index contributed by atoms with van der Waals surface area (Å²) in [6.07, 6.45) is 0. The van der Waals surface area contributed by atoms with E-state index in [1.165, 1.54) is 31.2 Å². The molecule has 0 saturated carbocycles. The van der Waals surface area contributed by atoms with Crippen molar-refractivity contribution in [2.75, 3.05) is 13.3 Å². The predicted molar refractivity (Wildman–Crippen MR) is 120 cm³/mol. The van der Waals surface area contributed by atoms with E-state index < -0.39 is 29.8 Å². The highest BCUT2D eigenvalue weighted by Crippen LogP contribution is 2.35. The number of amides is 3. The van der Waals surface area contributed by atoms with Crippen molar-refractivity contribution in [3.8, 4) is 17.2 Å². The lowest BCUT2D eigenvalue weighted by Crippen LogP contribution is -2.41. The molecule has 3 aromatic rings. The molecule has 3 amide bonds. The lowest BCUT2D eigenvalue weighted by atomic mass is 9.92. The predicted octanol–water partition coefficient (Wildman–Crippen LogP) is 3.61. The first-order valence-corrected chi connectivity index (χ1v) is 10.7. The lowest BCUT2D eigenvalue weighted by Gasteiger charge is -2.22. The van der Waals surface area contributed by atoms with E-state index in [-0.39, 0.29) is 12.6 Å². The van der Waals surface area contributed by atoms with Crippen molar-refractivity contribution in [1.29, 1.82) is 0 Å². The molecule has 3 heterocycles. The van der Waals surface area contributed by atoms with E-state index >= 15 is 0 Å². The minimum Gasteiger partial charge on any atom is -0.454 e. The minimum atomic E-state index is -1.38. The number of hydrogen-bond acceptors (Lipinski definition) is 5. The number of ketones is 1. The quantitative estimate of drug-likeness (QED) is 0.461. The molecule has 0 aliphatic carbocycles. The van der Waals surface area contributed by atoms with Crippen LogP contribution in [-0.2, 0) is 10.3 Å². The van der Waals surface area contributed by atoms with Gasteiger partial charge in [0.2, 0.25) is 6.79 Å². The van der Waals surface area contributed by atoms with Gasteiger partial charge in [0.25, 0.3) is 5.91 Å². The fourth-order valence-corrected chi connectivity index (χ4v) is 4.51. The monoisotopic (exact) mass is 463 g/mol. The van der Waals surface area contributed by atoms with E-state index in [9.17, 15) is 18.8 Å². The van der Waals surface area contributed by atoms with Crippen LogP contribution in [0.5, 0.6) is 11.5 Å². The summed E-state index contributed by atoms with van der Waals surface area (Å²) in [5.41, 5.74) is 1.75. The maximum atomic E-state index is 13.3. The normalized spacial score (nSPS) is 19.0. The number of aromatic nitrogens is 1. The number of halogens is 1. The molecule has 0 radical (unpaired) electrons. The van der Waals surface area contributed by atoms with Gasteiger partial charge < -0.3 is 19.4 Å². The van der Waals surface area contributed by atoms with Gasteiger partial charge in [-0.2, -0.15) is 0 Å². The summed E-state index contributed by atoms with van der Waals surface area (Å²) in [7, 11) is 0. The van der Waals surface area contributed by atoms with Gasteiger partial charge in [-0.05, 0) is 56.7 Å². The smallest absolute Gasteiger partial charge is 0.325 e. The third-order valence-electron chi connectivity index (χ3n) is 6.34. The molecule has 1 atom stereocenters. The third kappa shape index (κ3) is 3.32. The van der Waals surface area contributed by atoms with Gasteiger partial charge >= 0.3 is 6.03 Å². The number of imide groups is 1. The van der Waals surface area contributed by atoms with Crippen molar-refractivity contribution in [2.24, 2.45) is 0 Å². The maximum absolute atomic E-state index is 13.3. The number of nitrogens with one attached hydrogen (secondary N) is 1. The van der Waals surface area contributed by atoms with Crippen molar-refractivity contribution in [2.45, 2.75) is 26.3 Å². The first-order valence-electron chi connectivity index (χ1n) is 10.7. The summed E-state index contributed by atoms with van der Waals surface area (Å²) in [5.74, 6) is -0.106. The zero-order valence-corrected chi connectivity index (χ0v) is 18.8. The van der Waals surface area contributed by atoms with Crippen LogP contribution in [0.3, 0.4) is 0 Å². The number of rotatable bonds is 5. The van der Waals surface area contributed by atoms with Crippen LogP contribution in [0.4, 0.5) is 9.18 Å². The van der Waals surface area contributed by atoms with Crippen LogP contribution in [0, 0.1) is 19.7 Å². The number of carbonyl (C=O) groups is 3. The summed E-state index contributed by atoms with van der Waals surface area (Å²) in [6, 6.07) is 11.9. The van der Waals surface area contributed by atoms with Crippen LogP contribution in [-0.4, -0.2) is 40.5 Å². The molecular formula is C25H22FN3O5. The van der Waals surface area contributed by atoms with Crippen LogP contribution >= 0.6 is 0 Å². The molecule has 34 heavy (non-hydrogen) atoms. The lowest BCUT2D eigenvalue weighted by molar-refractivity contribution is -0.130. The molecule has 1 fully saturated rings. The highest BCUT2D eigenvalue weighted by Gasteiger charge is 2.49.